The Hall–Kier alpha value is -3.26. The number of hydrogen-bond acceptors (Lipinski definition) is 4. The fourth-order valence-electron chi connectivity index (χ4n) is 2.82. The Kier molecular flexibility index (Phi) is 8.54. The number of amides is 2. The molecule has 1 unspecified atom stereocenters. The fourth-order valence-corrected chi connectivity index (χ4v) is 4.37. The van der Waals surface area contributed by atoms with Crippen LogP contribution in [-0.4, -0.2) is 22.9 Å². The molecule has 0 bridgehead atoms. The minimum atomic E-state index is -1.21. The number of aliphatic carboxylic acids is 1. The summed E-state index contributed by atoms with van der Waals surface area (Å²) in [6.45, 7) is 0. The molecule has 0 aromatic heterocycles. The SMILES string of the molecule is O=C(O)/C=C/C(=O)Nc1ccc(SC(C(=O)Nc2cc(Cl)cc(Cl)c2)c2ccccc2)cc1. The standard InChI is InChI=1S/C24H18Cl2N2O4S/c25-16-12-17(26)14-19(13-16)28-24(32)23(15-4-2-1-3-5-15)33-20-8-6-18(7-9-20)27-21(29)10-11-22(30)31/h1-14,23H,(H,27,29)(H,28,32)(H,30,31)/b11-10+. The summed E-state index contributed by atoms with van der Waals surface area (Å²) in [6, 6.07) is 21.0. The number of anilines is 2. The Morgan fingerprint density at radius 2 is 1.45 bits per heavy atom. The highest BCUT2D eigenvalue weighted by atomic mass is 35.5. The van der Waals surface area contributed by atoms with Crippen molar-refractivity contribution in [1.82, 2.24) is 0 Å². The number of rotatable bonds is 8. The topological polar surface area (TPSA) is 95.5 Å². The lowest BCUT2D eigenvalue weighted by atomic mass is 10.1. The van der Waals surface area contributed by atoms with Gasteiger partial charge in [0.05, 0.1) is 0 Å². The molecule has 1 atom stereocenters. The molecule has 3 aromatic carbocycles. The quantitative estimate of drug-likeness (QED) is 0.258. The third-order valence-electron chi connectivity index (χ3n) is 4.22. The maximum absolute atomic E-state index is 13.1. The van der Waals surface area contributed by atoms with Crippen LogP contribution < -0.4 is 10.6 Å². The van der Waals surface area contributed by atoms with Gasteiger partial charge in [0.15, 0.2) is 0 Å². The van der Waals surface area contributed by atoms with Gasteiger partial charge in [-0.1, -0.05) is 53.5 Å². The highest BCUT2D eigenvalue weighted by Gasteiger charge is 2.22. The lowest BCUT2D eigenvalue weighted by Crippen LogP contribution is -2.19. The summed E-state index contributed by atoms with van der Waals surface area (Å²) in [4.78, 5) is 36.2. The van der Waals surface area contributed by atoms with E-state index in [2.05, 4.69) is 10.6 Å². The number of carbonyl (C=O) groups excluding carboxylic acids is 2. The monoisotopic (exact) mass is 500 g/mol. The van der Waals surface area contributed by atoms with E-state index >= 15 is 0 Å². The molecule has 33 heavy (non-hydrogen) atoms. The molecular formula is C24H18Cl2N2O4S. The van der Waals surface area contributed by atoms with Crippen LogP contribution in [0.25, 0.3) is 0 Å². The minimum absolute atomic E-state index is 0.249. The maximum atomic E-state index is 13.1. The van der Waals surface area contributed by atoms with Crippen molar-refractivity contribution in [2.75, 3.05) is 10.6 Å². The van der Waals surface area contributed by atoms with E-state index in [9.17, 15) is 14.4 Å². The van der Waals surface area contributed by atoms with Crippen molar-refractivity contribution in [3.8, 4) is 0 Å². The molecule has 3 rings (SSSR count). The minimum Gasteiger partial charge on any atom is -0.478 e. The van der Waals surface area contributed by atoms with Crippen molar-refractivity contribution in [3.05, 3.63) is 101 Å². The van der Waals surface area contributed by atoms with Gasteiger partial charge in [0.25, 0.3) is 0 Å². The van der Waals surface area contributed by atoms with Crippen molar-refractivity contribution >= 4 is 64.1 Å². The van der Waals surface area contributed by atoms with Gasteiger partial charge in [-0.25, -0.2) is 4.79 Å². The van der Waals surface area contributed by atoms with Crippen molar-refractivity contribution in [3.63, 3.8) is 0 Å². The van der Waals surface area contributed by atoms with Crippen LogP contribution in [-0.2, 0) is 14.4 Å². The molecule has 6 nitrogen and oxygen atoms in total. The fraction of sp³-hybridized carbons (Fsp3) is 0.0417. The third kappa shape index (κ3) is 7.68. The zero-order chi connectivity index (χ0) is 23.8. The molecule has 0 aliphatic heterocycles. The molecule has 0 aliphatic rings. The number of carboxylic acids is 1. The number of carboxylic acid groups (broad SMARTS) is 1. The Morgan fingerprint density at radius 1 is 0.818 bits per heavy atom. The van der Waals surface area contributed by atoms with Crippen molar-refractivity contribution in [2.45, 2.75) is 10.1 Å². The van der Waals surface area contributed by atoms with Crippen molar-refractivity contribution in [2.24, 2.45) is 0 Å². The molecule has 0 spiro atoms. The van der Waals surface area contributed by atoms with Crippen LogP contribution in [0.2, 0.25) is 10.0 Å². The summed E-state index contributed by atoms with van der Waals surface area (Å²) in [5, 5.41) is 14.3. The number of carbonyl (C=O) groups is 3. The summed E-state index contributed by atoms with van der Waals surface area (Å²) in [6.07, 6.45) is 1.69. The molecule has 0 saturated carbocycles. The predicted octanol–water partition coefficient (Wildman–Crippen LogP) is 6.04. The summed E-state index contributed by atoms with van der Waals surface area (Å²) >= 11 is 13.4. The van der Waals surface area contributed by atoms with E-state index in [1.807, 2.05) is 30.3 Å². The first kappa shape index (κ1) is 24.4. The lowest BCUT2D eigenvalue weighted by molar-refractivity contribution is -0.131. The first-order chi connectivity index (χ1) is 15.8. The molecule has 9 heteroatoms. The maximum Gasteiger partial charge on any atom is 0.328 e. The van der Waals surface area contributed by atoms with Gasteiger partial charge >= 0.3 is 5.97 Å². The molecule has 2 amide bonds. The Labute approximate surface area is 204 Å². The summed E-state index contributed by atoms with van der Waals surface area (Å²) < 4.78 is 0. The largest absolute Gasteiger partial charge is 0.478 e. The highest BCUT2D eigenvalue weighted by molar-refractivity contribution is 8.00. The number of thioether (sulfide) groups is 1. The molecular weight excluding hydrogens is 483 g/mol. The third-order valence-corrected chi connectivity index (χ3v) is 5.93. The Balaban J connectivity index is 1.76. The highest BCUT2D eigenvalue weighted by Crippen LogP contribution is 2.37. The predicted molar refractivity (Wildman–Crippen MR) is 132 cm³/mol. The van der Waals surface area contributed by atoms with E-state index in [1.54, 1.807) is 42.5 Å². The summed E-state index contributed by atoms with van der Waals surface area (Å²) in [5.41, 5.74) is 1.80. The molecule has 3 aromatic rings. The Bertz CT molecular complexity index is 1160. The number of halogens is 2. The van der Waals surface area contributed by atoms with E-state index in [4.69, 9.17) is 28.3 Å². The van der Waals surface area contributed by atoms with Gasteiger partial charge in [0.2, 0.25) is 11.8 Å². The van der Waals surface area contributed by atoms with Crippen molar-refractivity contribution < 1.29 is 19.5 Å². The average Bonchev–Trinajstić information content (AvgIpc) is 2.77. The normalized spacial score (nSPS) is 11.7. The first-order valence-corrected chi connectivity index (χ1v) is 11.2. The molecule has 168 valence electrons. The zero-order valence-corrected chi connectivity index (χ0v) is 19.3. The Morgan fingerprint density at radius 3 is 2.06 bits per heavy atom. The summed E-state index contributed by atoms with van der Waals surface area (Å²) in [7, 11) is 0. The second kappa shape index (κ2) is 11.6. The van der Waals surface area contributed by atoms with Gasteiger partial charge < -0.3 is 15.7 Å². The van der Waals surface area contributed by atoms with Gasteiger partial charge in [-0.05, 0) is 48.0 Å². The van der Waals surface area contributed by atoms with E-state index in [1.165, 1.54) is 11.8 Å². The van der Waals surface area contributed by atoms with Crippen LogP contribution in [0.1, 0.15) is 10.8 Å². The van der Waals surface area contributed by atoms with Gasteiger partial charge in [0, 0.05) is 38.5 Å². The molecule has 0 radical (unpaired) electrons. The van der Waals surface area contributed by atoms with Crippen molar-refractivity contribution in [1.29, 1.82) is 0 Å². The lowest BCUT2D eigenvalue weighted by Gasteiger charge is -2.17. The zero-order valence-electron chi connectivity index (χ0n) is 17.0. The van der Waals surface area contributed by atoms with E-state index in [-0.39, 0.29) is 5.91 Å². The second-order valence-corrected chi connectivity index (χ2v) is 8.79. The van der Waals surface area contributed by atoms with E-state index in [0.29, 0.717) is 21.4 Å². The number of benzene rings is 3. The number of hydrogen-bond donors (Lipinski definition) is 3. The van der Waals surface area contributed by atoms with Gasteiger partial charge in [-0.3, -0.25) is 9.59 Å². The van der Waals surface area contributed by atoms with E-state index in [0.717, 1.165) is 22.6 Å². The van der Waals surface area contributed by atoms with Crippen LogP contribution in [0, 0.1) is 0 Å². The van der Waals surface area contributed by atoms with Crippen LogP contribution in [0.3, 0.4) is 0 Å². The molecule has 0 saturated heterocycles. The first-order valence-electron chi connectivity index (χ1n) is 9.61. The van der Waals surface area contributed by atoms with Crippen LogP contribution in [0.4, 0.5) is 11.4 Å². The summed E-state index contributed by atoms with van der Waals surface area (Å²) in [5.74, 6) is -2.01. The second-order valence-electron chi connectivity index (χ2n) is 6.74. The molecule has 3 N–H and O–H groups in total. The van der Waals surface area contributed by atoms with Gasteiger partial charge in [-0.15, -0.1) is 11.8 Å². The van der Waals surface area contributed by atoms with Gasteiger partial charge in [-0.2, -0.15) is 0 Å². The van der Waals surface area contributed by atoms with Crippen LogP contribution >= 0.6 is 35.0 Å². The molecule has 0 heterocycles. The van der Waals surface area contributed by atoms with E-state index < -0.39 is 17.1 Å². The smallest absolute Gasteiger partial charge is 0.328 e. The number of nitrogens with one attached hydrogen (secondary N) is 2. The van der Waals surface area contributed by atoms with Crippen LogP contribution in [0.5, 0.6) is 0 Å². The average molecular weight is 501 g/mol. The van der Waals surface area contributed by atoms with Crippen LogP contribution in [0.15, 0.2) is 89.8 Å². The van der Waals surface area contributed by atoms with Gasteiger partial charge in [0.1, 0.15) is 5.25 Å². The molecule has 0 fully saturated rings. The molecule has 0 aliphatic carbocycles.